The maximum atomic E-state index is 14.1. The molecule has 0 amide bonds. The number of halogens is 1. The van der Waals surface area contributed by atoms with Gasteiger partial charge in [-0.2, -0.15) is 0 Å². The van der Waals surface area contributed by atoms with Crippen LogP contribution in [0, 0.1) is 17.8 Å². The predicted molar refractivity (Wildman–Crippen MR) is 186 cm³/mol. The summed E-state index contributed by atoms with van der Waals surface area (Å²) in [5.74, 6) is -0.636. The van der Waals surface area contributed by atoms with E-state index in [1.165, 1.54) is 0 Å². The quantitative estimate of drug-likeness (QED) is 0.111. The second-order valence-corrected chi connectivity index (χ2v) is 13.4. The lowest BCUT2D eigenvalue weighted by molar-refractivity contribution is 0.0593. The topological polar surface area (TPSA) is 93.1 Å². The minimum absolute atomic E-state index is 0.0258. The smallest absolute Gasteiger partial charge is 0.455 e. The molecule has 8 heteroatoms. The molecule has 236 valence electrons. The highest BCUT2D eigenvalue weighted by molar-refractivity contribution is 9.10. The monoisotopic (exact) mass is 688 g/mol. The third-order valence-electron chi connectivity index (χ3n) is 9.66. The molecule has 7 rings (SSSR count). The molecule has 3 aliphatic rings. The Balaban J connectivity index is 1.27. The van der Waals surface area contributed by atoms with Crippen LogP contribution in [-0.4, -0.2) is 41.5 Å². The normalized spacial score (nSPS) is 22.4. The van der Waals surface area contributed by atoms with Crippen molar-refractivity contribution in [3.63, 3.8) is 0 Å². The van der Waals surface area contributed by atoms with Gasteiger partial charge in [-0.05, 0) is 90.2 Å². The van der Waals surface area contributed by atoms with E-state index in [0.29, 0.717) is 41.7 Å². The molecular weight excluding hydrogens is 655 g/mol. The van der Waals surface area contributed by atoms with Gasteiger partial charge in [-0.15, -0.1) is 0 Å². The number of para-hydroxylation sites is 1. The zero-order valence-corrected chi connectivity index (χ0v) is 27.3. The molecule has 0 radical (unpaired) electrons. The molecule has 2 N–H and O–H groups in total. The van der Waals surface area contributed by atoms with Crippen molar-refractivity contribution >= 4 is 46.3 Å². The van der Waals surface area contributed by atoms with Gasteiger partial charge in [0.25, 0.3) is 0 Å². The summed E-state index contributed by atoms with van der Waals surface area (Å²) in [4.78, 5) is 28.0. The second-order valence-electron chi connectivity index (χ2n) is 12.5. The van der Waals surface area contributed by atoms with Crippen molar-refractivity contribution < 1.29 is 29.1 Å². The molecule has 1 saturated heterocycles. The maximum Gasteiger partial charge on any atom is 0.455 e. The van der Waals surface area contributed by atoms with Gasteiger partial charge < -0.3 is 19.5 Å². The van der Waals surface area contributed by atoms with E-state index in [9.17, 15) is 19.7 Å². The number of benzene rings is 4. The van der Waals surface area contributed by atoms with Gasteiger partial charge in [-0.1, -0.05) is 88.7 Å². The van der Waals surface area contributed by atoms with Gasteiger partial charge in [0.05, 0.1) is 6.10 Å². The highest BCUT2D eigenvalue weighted by Gasteiger charge is 2.53. The van der Waals surface area contributed by atoms with E-state index in [-0.39, 0.29) is 36.2 Å². The number of Topliss-reactive ketones (excluding diaryl/α,β-unsaturated/α-hetero) is 2. The standard InChI is InChI=1S/C39H34BBrO6/c41-28-16-17-34(42)26(20-28)19-25(24-9-3-1-4-10-24)15-18-35-36-27(23-46-29-11-5-2-6-12-29)21-32-37(33(36)22-40(45)47-35)39(44)31-14-8-7-13-30(31)38(32)43/h1-14,16-17,19-20,32-33,35,37,42,45H,15,18,21-23H2/b25-19-/t32-,33+,35-,37-/m1/s1. The van der Waals surface area contributed by atoms with Gasteiger partial charge in [-0.25, -0.2) is 0 Å². The predicted octanol–water partition coefficient (Wildman–Crippen LogP) is 8.06. The first-order valence-corrected chi connectivity index (χ1v) is 16.8. The fraction of sp³-hybridized carbons (Fsp3) is 0.231. The molecular formula is C39H34BBrO6. The Labute approximate surface area is 283 Å². The molecule has 0 saturated carbocycles. The molecule has 1 heterocycles. The van der Waals surface area contributed by atoms with Crippen LogP contribution in [0.5, 0.6) is 11.5 Å². The Kier molecular flexibility index (Phi) is 8.99. The third-order valence-corrected chi connectivity index (χ3v) is 10.2. The number of carbonyl (C=O) groups is 2. The number of hydrogen-bond acceptors (Lipinski definition) is 6. The zero-order valence-electron chi connectivity index (χ0n) is 25.7. The van der Waals surface area contributed by atoms with Crippen molar-refractivity contribution in [2.24, 2.45) is 17.8 Å². The fourth-order valence-corrected chi connectivity index (χ4v) is 7.93. The van der Waals surface area contributed by atoms with Crippen LogP contribution < -0.4 is 4.74 Å². The molecule has 0 spiro atoms. The van der Waals surface area contributed by atoms with Crippen molar-refractivity contribution in [2.45, 2.75) is 31.7 Å². The van der Waals surface area contributed by atoms with Gasteiger partial charge >= 0.3 is 7.12 Å². The Morgan fingerprint density at radius 3 is 2.32 bits per heavy atom. The number of rotatable bonds is 8. The number of fused-ring (bicyclic) bond motifs is 4. The molecule has 0 bridgehead atoms. The lowest BCUT2D eigenvalue weighted by Crippen LogP contribution is -2.51. The van der Waals surface area contributed by atoms with Crippen LogP contribution in [0.2, 0.25) is 6.32 Å². The number of phenols is 1. The third kappa shape index (κ3) is 6.38. The van der Waals surface area contributed by atoms with E-state index in [0.717, 1.165) is 26.8 Å². The van der Waals surface area contributed by atoms with Gasteiger partial charge in [0.1, 0.15) is 18.1 Å². The molecule has 2 aliphatic carbocycles. The van der Waals surface area contributed by atoms with E-state index in [4.69, 9.17) is 9.39 Å². The van der Waals surface area contributed by atoms with Crippen molar-refractivity contribution in [3.8, 4) is 11.5 Å². The molecule has 1 fully saturated rings. The number of aromatic hydroxyl groups is 1. The minimum atomic E-state index is -1.08. The molecule has 4 aromatic rings. The number of ether oxygens (including phenoxy) is 1. The summed E-state index contributed by atoms with van der Waals surface area (Å²) in [7, 11) is -1.08. The molecule has 0 unspecified atom stereocenters. The van der Waals surface area contributed by atoms with Crippen LogP contribution in [0.4, 0.5) is 0 Å². The Morgan fingerprint density at radius 1 is 0.894 bits per heavy atom. The number of allylic oxidation sites excluding steroid dienone is 1. The summed E-state index contributed by atoms with van der Waals surface area (Å²) < 4.78 is 13.4. The highest BCUT2D eigenvalue weighted by atomic mass is 79.9. The van der Waals surface area contributed by atoms with Crippen molar-refractivity contribution in [1.29, 1.82) is 0 Å². The van der Waals surface area contributed by atoms with E-state index < -0.39 is 25.1 Å². The average molecular weight is 689 g/mol. The van der Waals surface area contributed by atoms with Crippen LogP contribution >= 0.6 is 15.9 Å². The first kappa shape index (κ1) is 31.4. The average Bonchev–Trinajstić information content (AvgIpc) is 3.09. The van der Waals surface area contributed by atoms with Crippen LogP contribution in [0.15, 0.2) is 119 Å². The first-order chi connectivity index (χ1) is 22.9. The Morgan fingerprint density at radius 2 is 1.57 bits per heavy atom. The first-order valence-electron chi connectivity index (χ1n) is 16.0. The van der Waals surface area contributed by atoms with Crippen molar-refractivity contribution in [1.82, 2.24) is 0 Å². The van der Waals surface area contributed by atoms with Crippen molar-refractivity contribution in [2.75, 3.05) is 6.61 Å². The SMILES string of the molecule is O=C1c2ccccc2C(=O)[C@@H]2CC(COc3ccccc3)=C3[C@@H](CC/C(=C/c4cc(Br)ccc4O)c4ccccc4)OB(O)C[C@@H]3[C@H]12. The number of phenolic OH excluding ortho intramolecular Hbond substituents is 1. The molecule has 6 nitrogen and oxygen atoms in total. The van der Waals surface area contributed by atoms with E-state index in [2.05, 4.69) is 15.9 Å². The Bertz CT molecular complexity index is 1870. The summed E-state index contributed by atoms with van der Waals surface area (Å²) in [5.41, 5.74) is 5.54. The molecule has 47 heavy (non-hydrogen) atoms. The summed E-state index contributed by atoms with van der Waals surface area (Å²) >= 11 is 3.52. The van der Waals surface area contributed by atoms with Gasteiger partial charge in [0.2, 0.25) is 0 Å². The van der Waals surface area contributed by atoms with Crippen molar-refractivity contribution in [3.05, 3.63) is 141 Å². The summed E-state index contributed by atoms with van der Waals surface area (Å²) in [6.07, 6.45) is 3.20. The summed E-state index contributed by atoms with van der Waals surface area (Å²) in [6.45, 7) is 0.255. The molecule has 4 aromatic carbocycles. The zero-order chi connectivity index (χ0) is 32.5. The fourth-order valence-electron chi connectivity index (χ4n) is 7.56. The lowest BCUT2D eigenvalue weighted by atomic mass is 9.54. The minimum Gasteiger partial charge on any atom is -0.507 e. The summed E-state index contributed by atoms with van der Waals surface area (Å²) in [5, 5.41) is 21.8. The number of ketones is 2. The largest absolute Gasteiger partial charge is 0.507 e. The summed E-state index contributed by atoms with van der Waals surface area (Å²) in [6, 6.07) is 32.0. The highest BCUT2D eigenvalue weighted by Crippen LogP contribution is 2.51. The van der Waals surface area contributed by atoms with Crippen LogP contribution in [0.25, 0.3) is 11.6 Å². The van der Waals surface area contributed by atoms with Gasteiger partial charge in [0, 0.05) is 33.0 Å². The molecule has 4 atom stereocenters. The second kappa shape index (κ2) is 13.5. The van der Waals surface area contributed by atoms with Gasteiger partial charge in [-0.3, -0.25) is 9.59 Å². The lowest BCUT2D eigenvalue weighted by Gasteiger charge is -2.47. The Hall–Kier alpha value is -4.24. The molecule has 0 aromatic heterocycles. The number of hydrogen-bond donors (Lipinski definition) is 2. The van der Waals surface area contributed by atoms with Gasteiger partial charge in [0.15, 0.2) is 11.6 Å². The molecule has 1 aliphatic heterocycles. The van der Waals surface area contributed by atoms with Crippen LogP contribution in [0.1, 0.15) is 51.1 Å². The van der Waals surface area contributed by atoms with E-state index >= 15 is 0 Å². The number of carbonyl (C=O) groups excluding carboxylic acids is 2. The van der Waals surface area contributed by atoms with E-state index in [1.807, 2.05) is 72.8 Å². The van der Waals surface area contributed by atoms with Crippen LogP contribution in [0.3, 0.4) is 0 Å². The van der Waals surface area contributed by atoms with E-state index in [1.54, 1.807) is 36.4 Å². The maximum absolute atomic E-state index is 14.1. The van der Waals surface area contributed by atoms with Crippen LogP contribution in [-0.2, 0) is 4.65 Å².